The molecule has 2 unspecified atom stereocenters. The van der Waals surface area contributed by atoms with E-state index in [-0.39, 0.29) is 17.4 Å². The second-order valence-electron chi connectivity index (χ2n) is 5.49. The van der Waals surface area contributed by atoms with E-state index in [2.05, 4.69) is 37.9 Å². The molecule has 0 aromatic heterocycles. The van der Waals surface area contributed by atoms with Crippen molar-refractivity contribution in [3.8, 4) is 5.75 Å². The van der Waals surface area contributed by atoms with Gasteiger partial charge in [0.05, 0.1) is 13.2 Å². The molecule has 0 amide bonds. The minimum atomic E-state index is -0.232. The summed E-state index contributed by atoms with van der Waals surface area (Å²) in [4.78, 5) is 2.42. The van der Waals surface area contributed by atoms with Crippen molar-refractivity contribution in [2.75, 3.05) is 27.2 Å². The summed E-state index contributed by atoms with van der Waals surface area (Å²) in [5.74, 6) is 0.492. The lowest BCUT2D eigenvalue weighted by molar-refractivity contribution is 0.0717. The molecule has 3 nitrogen and oxygen atoms in total. The Labute approximate surface area is 128 Å². The van der Waals surface area contributed by atoms with E-state index in [1.165, 1.54) is 6.07 Å². The normalized spacial score (nSPS) is 15.8. The predicted octanol–water partition coefficient (Wildman–Crippen LogP) is 3.61. The first-order valence-corrected chi connectivity index (χ1v) is 7.74. The molecule has 0 spiro atoms. The van der Waals surface area contributed by atoms with Crippen LogP contribution < -0.4 is 10.1 Å². The van der Waals surface area contributed by atoms with Crippen molar-refractivity contribution in [1.29, 1.82) is 0 Å². The average molecular weight is 296 g/mol. The van der Waals surface area contributed by atoms with Gasteiger partial charge in [-0.1, -0.05) is 20.8 Å². The third-order valence-corrected chi connectivity index (χ3v) is 4.61. The topological polar surface area (TPSA) is 24.5 Å². The summed E-state index contributed by atoms with van der Waals surface area (Å²) in [5.41, 5.74) is 0.760. The Bertz CT molecular complexity index is 448. The Kier molecular flexibility index (Phi) is 6.62. The molecule has 0 aliphatic heterocycles. The summed E-state index contributed by atoms with van der Waals surface area (Å²) in [6.07, 6.45) is 0.958. The summed E-state index contributed by atoms with van der Waals surface area (Å²) in [6.45, 7) is 10.6. The molecule has 0 aliphatic carbocycles. The zero-order valence-electron chi connectivity index (χ0n) is 14.2. The number of likely N-dealkylation sites (N-methyl/N-ethyl adjacent to an activating group) is 2. The average Bonchev–Trinajstić information content (AvgIpc) is 2.49. The highest BCUT2D eigenvalue weighted by Crippen LogP contribution is 2.38. The molecule has 0 bridgehead atoms. The lowest BCUT2D eigenvalue weighted by Crippen LogP contribution is -2.53. The Morgan fingerprint density at radius 1 is 1.29 bits per heavy atom. The van der Waals surface area contributed by atoms with E-state index < -0.39 is 0 Å². The van der Waals surface area contributed by atoms with Gasteiger partial charge in [0, 0.05) is 11.1 Å². The summed E-state index contributed by atoms with van der Waals surface area (Å²) in [7, 11) is 3.55. The highest BCUT2D eigenvalue weighted by Gasteiger charge is 2.38. The fourth-order valence-electron chi connectivity index (χ4n) is 3.29. The number of rotatable bonds is 8. The van der Waals surface area contributed by atoms with Gasteiger partial charge in [0.1, 0.15) is 11.6 Å². The summed E-state index contributed by atoms with van der Waals surface area (Å²) >= 11 is 0. The maximum absolute atomic E-state index is 13.7. The van der Waals surface area contributed by atoms with Crippen LogP contribution in [0.15, 0.2) is 18.2 Å². The fraction of sp³-hybridized carbons (Fsp3) is 0.647. The molecular formula is C17H29FN2O. The minimum Gasteiger partial charge on any atom is -0.496 e. The molecule has 2 atom stereocenters. The van der Waals surface area contributed by atoms with Crippen LogP contribution in [0.2, 0.25) is 0 Å². The Balaban J connectivity index is 3.36. The van der Waals surface area contributed by atoms with E-state index in [4.69, 9.17) is 4.74 Å². The lowest BCUT2D eigenvalue weighted by Gasteiger charge is -2.46. The molecule has 4 heteroatoms. The largest absolute Gasteiger partial charge is 0.496 e. The maximum atomic E-state index is 13.7. The van der Waals surface area contributed by atoms with Crippen LogP contribution in [0.25, 0.3) is 0 Å². The van der Waals surface area contributed by atoms with Gasteiger partial charge in [-0.15, -0.1) is 0 Å². The summed E-state index contributed by atoms with van der Waals surface area (Å²) in [6, 6.07) is 4.72. The number of halogens is 1. The first kappa shape index (κ1) is 17.9. The molecule has 0 heterocycles. The van der Waals surface area contributed by atoms with Crippen molar-refractivity contribution >= 4 is 0 Å². The monoisotopic (exact) mass is 296 g/mol. The molecule has 1 aromatic rings. The predicted molar refractivity (Wildman–Crippen MR) is 86.4 cm³/mol. The zero-order chi connectivity index (χ0) is 16.0. The van der Waals surface area contributed by atoms with E-state index in [9.17, 15) is 4.39 Å². The number of benzene rings is 1. The van der Waals surface area contributed by atoms with Crippen LogP contribution in [0.3, 0.4) is 0 Å². The van der Waals surface area contributed by atoms with Crippen molar-refractivity contribution in [2.45, 2.75) is 45.7 Å². The summed E-state index contributed by atoms with van der Waals surface area (Å²) in [5, 5.41) is 3.37. The second kappa shape index (κ2) is 7.76. The van der Waals surface area contributed by atoms with Crippen LogP contribution in [-0.2, 0) is 0 Å². The van der Waals surface area contributed by atoms with Crippen molar-refractivity contribution in [3.05, 3.63) is 29.6 Å². The van der Waals surface area contributed by atoms with Crippen molar-refractivity contribution in [1.82, 2.24) is 10.2 Å². The van der Waals surface area contributed by atoms with E-state index >= 15 is 0 Å². The van der Waals surface area contributed by atoms with Gasteiger partial charge >= 0.3 is 0 Å². The van der Waals surface area contributed by atoms with Crippen LogP contribution in [0.4, 0.5) is 4.39 Å². The van der Waals surface area contributed by atoms with Crippen molar-refractivity contribution in [3.63, 3.8) is 0 Å². The Morgan fingerprint density at radius 2 is 1.90 bits per heavy atom. The van der Waals surface area contributed by atoms with Gasteiger partial charge in [0.15, 0.2) is 0 Å². The van der Waals surface area contributed by atoms with E-state index in [0.717, 1.165) is 30.8 Å². The fourth-order valence-corrected chi connectivity index (χ4v) is 3.29. The molecule has 1 N–H and O–H groups in total. The number of hydrogen-bond donors (Lipinski definition) is 1. The highest BCUT2D eigenvalue weighted by molar-refractivity contribution is 5.38. The van der Waals surface area contributed by atoms with Crippen molar-refractivity contribution < 1.29 is 9.13 Å². The van der Waals surface area contributed by atoms with E-state index in [0.29, 0.717) is 0 Å². The molecule has 1 aromatic carbocycles. The van der Waals surface area contributed by atoms with Crippen molar-refractivity contribution in [2.24, 2.45) is 0 Å². The van der Waals surface area contributed by atoms with Crippen LogP contribution in [0.5, 0.6) is 5.75 Å². The number of methoxy groups -OCH3 is 1. The van der Waals surface area contributed by atoms with Gasteiger partial charge in [-0.3, -0.25) is 4.90 Å². The third kappa shape index (κ3) is 3.55. The quantitative estimate of drug-likeness (QED) is 0.793. The van der Waals surface area contributed by atoms with E-state index in [1.807, 2.05) is 7.05 Å². The smallest absolute Gasteiger partial charge is 0.123 e. The number of nitrogens with one attached hydrogen (secondary N) is 1. The molecule has 0 radical (unpaired) electrons. The Hall–Kier alpha value is -1.13. The SMILES string of the molecule is CCN(CC)C(C)(CC)C(NC)c1cc(F)ccc1OC. The van der Waals surface area contributed by atoms with Gasteiger partial charge < -0.3 is 10.1 Å². The molecule has 0 saturated heterocycles. The summed E-state index contributed by atoms with van der Waals surface area (Å²) < 4.78 is 19.2. The van der Waals surface area contributed by atoms with Crippen LogP contribution in [0.1, 0.15) is 45.7 Å². The standard InChI is InChI=1S/C17H29FN2O/c1-7-17(4,20(8-2)9-3)16(19-5)14-12-13(18)10-11-15(14)21-6/h10-12,16,19H,7-9H2,1-6H3. The van der Waals surface area contributed by atoms with Gasteiger partial charge in [-0.05, 0) is 51.7 Å². The van der Waals surface area contributed by atoms with Crippen LogP contribution >= 0.6 is 0 Å². The molecule has 0 saturated carbocycles. The second-order valence-corrected chi connectivity index (χ2v) is 5.49. The van der Waals surface area contributed by atoms with Crippen LogP contribution in [-0.4, -0.2) is 37.7 Å². The first-order chi connectivity index (χ1) is 9.98. The molecule has 120 valence electrons. The van der Waals surface area contributed by atoms with Gasteiger partial charge in [-0.25, -0.2) is 4.39 Å². The number of ether oxygens (including phenoxy) is 1. The van der Waals surface area contributed by atoms with Crippen LogP contribution in [0, 0.1) is 5.82 Å². The minimum absolute atomic E-state index is 0.00644. The maximum Gasteiger partial charge on any atom is 0.123 e. The number of hydrogen-bond acceptors (Lipinski definition) is 3. The molecule has 0 aliphatic rings. The molecule has 1 rings (SSSR count). The first-order valence-electron chi connectivity index (χ1n) is 7.74. The highest BCUT2D eigenvalue weighted by atomic mass is 19.1. The van der Waals surface area contributed by atoms with Gasteiger partial charge in [0.25, 0.3) is 0 Å². The number of nitrogens with zero attached hydrogens (tertiary/aromatic N) is 1. The lowest BCUT2D eigenvalue weighted by atomic mass is 9.82. The third-order valence-electron chi connectivity index (χ3n) is 4.61. The van der Waals surface area contributed by atoms with Gasteiger partial charge in [0.2, 0.25) is 0 Å². The molecule has 0 fully saturated rings. The molecular weight excluding hydrogens is 267 g/mol. The molecule has 21 heavy (non-hydrogen) atoms. The zero-order valence-corrected chi connectivity index (χ0v) is 14.2. The Morgan fingerprint density at radius 3 is 2.33 bits per heavy atom. The van der Waals surface area contributed by atoms with Gasteiger partial charge in [-0.2, -0.15) is 0 Å². The van der Waals surface area contributed by atoms with E-state index in [1.54, 1.807) is 19.2 Å².